The van der Waals surface area contributed by atoms with Gasteiger partial charge in [-0.2, -0.15) is 0 Å². The van der Waals surface area contributed by atoms with Crippen molar-refractivity contribution in [3.05, 3.63) is 28.3 Å². The molecule has 0 spiro atoms. The molecule has 1 unspecified atom stereocenters. The highest BCUT2D eigenvalue weighted by atomic mass is 16.6. The van der Waals surface area contributed by atoms with Gasteiger partial charge >= 0.3 is 0 Å². The molecular weight excluding hydrogens is 270 g/mol. The van der Waals surface area contributed by atoms with Crippen LogP contribution in [0.4, 0.5) is 11.4 Å². The predicted octanol–water partition coefficient (Wildman–Crippen LogP) is 2.80. The monoisotopic (exact) mass is 295 g/mol. The fraction of sp³-hybridized carbons (Fsp3) is 0.600. The first kappa shape index (κ1) is 17.2. The fourth-order valence-electron chi connectivity index (χ4n) is 1.95. The molecule has 1 aromatic rings. The Balaban J connectivity index is 2.86. The highest BCUT2D eigenvalue weighted by Gasteiger charge is 2.14. The average molecular weight is 295 g/mol. The summed E-state index contributed by atoms with van der Waals surface area (Å²) in [6.45, 7) is 7.24. The van der Waals surface area contributed by atoms with Crippen molar-refractivity contribution in [2.24, 2.45) is 11.7 Å². The molecule has 2 N–H and O–H groups in total. The molecule has 0 radical (unpaired) electrons. The number of nitrogens with zero attached hydrogens (tertiary/aromatic N) is 2. The number of nitro groups is 1. The Hall–Kier alpha value is -1.82. The van der Waals surface area contributed by atoms with Crippen LogP contribution in [-0.2, 0) is 0 Å². The van der Waals surface area contributed by atoms with E-state index in [4.69, 9.17) is 10.5 Å². The minimum Gasteiger partial charge on any atom is -0.494 e. The van der Waals surface area contributed by atoms with Gasteiger partial charge in [0.25, 0.3) is 5.69 Å². The molecule has 6 nitrogen and oxygen atoms in total. The number of rotatable bonds is 8. The van der Waals surface area contributed by atoms with E-state index >= 15 is 0 Å². The molecular formula is C15H25N3O3. The van der Waals surface area contributed by atoms with E-state index in [9.17, 15) is 10.1 Å². The van der Waals surface area contributed by atoms with Crippen molar-refractivity contribution in [1.82, 2.24) is 0 Å². The number of hydrogen-bond donors (Lipinski definition) is 1. The lowest BCUT2D eigenvalue weighted by Crippen LogP contribution is -2.31. The molecule has 0 aromatic heterocycles. The zero-order valence-electron chi connectivity index (χ0n) is 13.2. The van der Waals surface area contributed by atoms with Gasteiger partial charge in [-0.3, -0.25) is 10.1 Å². The van der Waals surface area contributed by atoms with Crippen LogP contribution in [0, 0.1) is 16.0 Å². The summed E-state index contributed by atoms with van der Waals surface area (Å²) in [5.41, 5.74) is 6.84. The summed E-state index contributed by atoms with van der Waals surface area (Å²) >= 11 is 0. The Morgan fingerprint density at radius 2 is 2.05 bits per heavy atom. The van der Waals surface area contributed by atoms with Crippen LogP contribution in [0.5, 0.6) is 5.75 Å². The van der Waals surface area contributed by atoms with E-state index in [0.29, 0.717) is 18.3 Å². The molecule has 0 saturated carbocycles. The van der Waals surface area contributed by atoms with Crippen molar-refractivity contribution in [2.75, 3.05) is 25.1 Å². The van der Waals surface area contributed by atoms with Crippen molar-refractivity contribution in [3.63, 3.8) is 0 Å². The zero-order valence-corrected chi connectivity index (χ0v) is 13.2. The third-order valence-corrected chi connectivity index (χ3v) is 3.49. The number of non-ortho nitro benzene ring substituents is 1. The minimum atomic E-state index is -0.403. The van der Waals surface area contributed by atoms with Crippen molar-refractivity contribution in [3.8, 4) is 5.75 Å². The van der Waals surface area contributed by atoms with Gasteiger partial charge in [0.15, 0.2) is 0 Å². The third-order valence-electron chi connectivity index (χ3n) is 3.49. The number of nitro benzene ring substituents is 1. The van der Waals surface area contributed by atoms with E-state index in [1.807, 2.05) is 24.9 Å². The number of benzene rings is 1. The van der Waals surface area contributed by atoms with Crippen LogP contribution < -0.4 is 15.4 Å². The van der Waals surface area contributed by atoms with E-state index < -0.39 is 4.92 Å². The van der Waals surface area contributed by atoms with Gasteiger partial charge in [0.2, 0.25) is 0 Å². The Morgan fingerprint density at radius 3 is 2.57 bits per heavy atom. The maximum absolute atomic E-state index is 11.0. The molecule has 0 bridgehead atoms. The van der Waals surface area contributed by atoms with Gasteiger partial charge in [-0.15, -0.1) is 0 Å². The average Bonchev–Trinajstić information content (AvgIpc) is 2.44. The van der Waals surface area contributed by atoms with E-state index in [2.05, 4.69) is 13.8 Å². The summed E-state index contributed by atoms with van der Waals surface area (Å²) in [7, 11) is 1.90. The quantitative estimate of drug-likeness (QED) is 0.589. The molecule has 21 heavy (non-hydrogen) atoms. The molecule has 1 atom stereocenters. The minimum absolute atomic E-state index is 0.0379. The molecule has 1 aromatic carbocycles. The normalized spacial score (nSPS) is 12.3. The second-order valence-corrected chi connectivity index (χ2v) is 5.49. The molecule has 0 aliphatic heterocycles. The zero-order chi connectivity index (χ0) is 16.0. The van der Waals surface area contributed by atoms with Crippen LogP contribution >= 0.6 is 0 Å². The largest absolute Gasteiger partial charge is 0.494 e. The molecule has 0 heterocycles. The number of anilines is 1. The van der Waals surface area contributed by atoms with Crippen LogP contribution in [-0.4, -0.2) is 31.2 Å². The maximum Gasteiger partial charge on any atom is 0.275 e. The highest BCUT2D eigenvalue weighted by molar-refractivity contribution is 5.57. The first-order valence-electron chi connectivity index (χ1n) is 7.24. The van der Waals surface area contributed by atoms with Gasteiger partial charge in [-0.25, -0.2) is 0 Å². The standard InChI is InChI=1S/C15H25N3O3/c1-5-21-14-9-12(8-13(10-14)18(19)20)17(4)7-6-15(16)11(2)3/h8-11,15H,5-7,16H2,1-4H3. The lowest BCUT2D eigenvalue weighted by atomic mass is 10.0. The van der Waals surface area contributed by atoms with Crippen LogP contribution in [0.15, 0.2) is 18.2 Å². The van der Waals surface area contributed by atoms with Crippen molar-refractivity contribution < 1.29 is 9.66 Å². The SMILES string of the molecule is CCOc1cc(N(C)CCC(N)C(C)C)cc([N+](=O)[O-])c1. The van der Waals surface area contributed by atoms with Gasteiger partial charge in [-0.1, -0.05) is 13.8 Å². The predicted molar refractivity (Wildman–Crippen MR) is 85.0 cm³/mol. The van der Waals surface area contributed by atoms with Gasteiger partial charge in [0.1, 0.15) is 5.75 Å². The van der Waals surface area contributed by atoms with Gasteiger partial charge in [0, 0.05) is 37.5 Å². The summed E-state index contributed by atoms with van der Waals surface area (Å²) in [6.07, 6.45) is 0.834. The van der Waals surface area contributed by atoms with E-state index in [0.717, 1.165) is 18.7 Å². The van der Waals surface area contributed by atoms with Crippen LogP contribution in [0.1, 0.15) is 27.2 Å². The maximum atomic E-state index is 11.0. The van der Waals surface area contributed by atoms with Crippen molar-refractivity contribution >= 4 is 11.4 Å². The molecule has 6 heteroatoms. The number of ether oxygens (including phenoxy) is 1. The first-order valence-corrected chi connectivity index (χ1v) is 7.24. The molecule has 0 fully saturated rings. The summed E-state index contributed by atoms with van der Waals surface area (Å²) < 4.78 is 5.40. The summed E-state index contributed by atoms with van der Waals surface area (Å²) in [6, 6.07) is 4.94. The van der Waals surface area contributed by atoms with Crippen molar-refractivity contribution in [2.45, 2.75) is 33.2 Å². The lowest BCUT2D eigenvalue weighted by Gasteiger charge is -2.23. The van der Waals surface area contributed by atoms with Crippen LogP contribution in [0.2, 0.25) is 0 Å². The van der Waals surface area contributed by atoms with E-state index in [1.165, 1.54) is 6.07 Å². The second-order valence-electron chi connectivity index (χ2n) is 5.49. The molecule has 0 saturated heterocycles. The molecule has 1 rings (SSSR count). The van der Waals surface area contributed by atoms with Gasteiger partial charge in [0.05, 0.1) is 17.6 Å². The number of nitrogens with two attached hydrogens (primary N) is 1. The Labute approximate surface area is 126 Å². The summed E-state index contributed by atoms with van der Waals surface area (Å²) in [5.74, 6) is 0.934. The topological polar surface area (TPSA) is 81.6 Å². The van der Waals surface area contributed by atoms with Gasteiger partial charge < -0.3 is 15.4 Å². The molecule has 0 amide bonds. The smallest absolute Gasteiger partial charge is 0.275 e. The highest BCUT2D eigenvalue weighted by Crippen LogP contribution is 2.28. The summed E-state index contributed by atoms with van der Waals surface area (Å²) in [5, 5.41) is 11.0. The Kier molecular flexibility index (Phi) is 6.42. The molecule has 0 aliphatic carbocycles. The van der Waals surface area contributed by atoms with Crippen LogP contribution in [0.25, 0.3) is 0 Å². The Morgan fingerprint density at radius 1 is 1.38 bits per heavy atom. The van der Waals surface area contributed by atoms with E-state index in [-0.39, 0.29) is 11.7 Å². The van der Waals surface area contributed by atoms with Gasteiger partial charge in [-0.05, 0) is 19.3 Å². The second kappa shape index (κ2) is 7.83. The number of hydrogen-bond acceptors (Lipinski definition) is 5. The lowest BCUT2D eigenvalue weighted by molar-refractivity contribution is -0.384. The molecule has 118 valence electrons. The van der Waals surface area contributed by atoms with Crippen molar-refractivity contribution in [1.29, 1.82) is 0 Å². The first-order chi connectivity index (χ1) is 9.85. The third kappa shape index (κ3) is 5.23. The Bertz CT molecular complexity index is 477. The molecule has 0 aliphatic rings. The fourth-order valence-corrected chi connectivity index (χ4v) is 1.95. The van der Waals surface area contributed by atoms with Crippen LogP contribution in [0.3, 0.4) is 0 Å². The summed E-state index contributed by atoms with van der Waals surface area (Å²) in [4.78, 5) is 12.6. The van der Waals surface area contributed by atoms with E-state index in [1.54, 1.807) is 6.07 Å².